The Hall–Kier alpha value is -1.59. The van der Waals surface area contributed by atoms with E-state index in [0.29, 0.717) is 0 Å². The first-order valence-electron chi connectivity index (χ1n) is 4.91. The average molecular weight is 212 g/mol. The highest BCUT2D eigenvalue weighted by atomic mass is 16.4. The second kappa shape index (κ2) is 4.77. The van der Waals surface area contributed by atoms with Gasteiger partial charge < -0.3 is 15.7 Å². The average Bonchev–Trinajstić information content (AvgIpc) is 2.18. The minimum absolute atomic E-state index is 0.242. The lowest BCUT2D eigenvalue weighted by molar-refractivity contribution is -0.141. The van der Waals surface area contributed by atoms with Crippen molar-refractivity contribution < 1.29 is 9.90 Å². The number of hydrogen-bond donors (Lipinski definition) is 3. The molecule has 0 saturated carbocycles. The Labute approximate surface area is 88.3 Å². The third-order valence-electron chi connectivity index (χ3n) is 2.45. The van der Waals surface area contributed by atoms with Crippen molar-refractivity contribution in [1.82, 2.24) is 4.90 Å². The molecular formula is C9H16N4O2. The zero-order valence-electron chi connectivity index (χ0n) is 8.68. The zero-order valence-corrected chi connectivity index (χ0v) is 8.68. The lowest BCUT2D eigenvalue weighted by Gasteiger charge is -2.33. The number of carbonyl (C=O) groups is 1. The van der Waals surface area contributed by atoms with Crippen molar-refractivity contribution in [2.24, 2.45) is 10.7 Å². The summed E-state index contributed by atoms with van der Waals surface area (Å²) >= 11 is 0. The van der Waals surface area contributed by atoms with E-state index >= 15 is 0 Å². The maximum atomic E-state index is 10.8. The number of aliphatic carboxylic acids is 1. The van der Waals surface area contributed by atoms with Crippen LogP contribution in [0.2, 0.25) is 0 Å². The van der Waals surface area contributed by atoms with Crippen molar-refractivity contribution >= 4 is 18.1 Å². The van der Waals surface area contributed by atoms with E-state index in [-0.39, 0.29) is 12.1 Å². The number of nitrogens with two attached hydrogens (primary N) is 1. The highest BCUT2D eigenvalue weighted by Gasteiger charge is 2.29. The number of hydrogen-bond acceptors (Lipinski definition) is 3. The van der Waals surface area contributed by atoms with Gasteiger partial charge in [0, 0.05) is 6.21 Å². The molecule has 0 radical (unpaired) electrons. The van der Waals surface area contributed by atoms with Crippen molar-refractivity contribution in [3.63, 3.8) is 0 Å². The van der Waals surface area contributed by atoms with E-state index in [4.69, 9.17) is 16.2 Å². The Bertz CT molecular complexity index is 290. The normalized spacial score (nSPS) is 22.1. The predicted molar refractivity (Wildman–Crippen MR) is 57.0 cm³/mol. The molecule has 1 heterocycles. The molecular weight excluding hydrogens is 196 g/mol. The molecule has 0 saturated heterocycles. The van der Waals surface area contributed by atoms with Gasteiger partial charge in [-0.05, 0) is 26.2 Å². The van der Waals surface area contributed by atoms with E-state index in [1.165, 1.54) is 11.8 Å². The molecule has 1 aliphatic rings. The van der Waals surface area contributed by atoms with Gasteiger partial charge in [0.05, 0.1) is 0 Å². The summed E-state index contributed by atoms with van der Waals surface area (Å²) in [7, 11) is 0. The molecule has 0 aromatic carbocycles. The molecule has 0 spiro atoms. The maximum absolute atomic E-state index is 10.8. The Morgan fingerprint density at radius 2 is 2.47 bits per heavy atom. The van der Waals surface area contributed by atoms with Gasteiger partial charge in [0.2, 0.25) is 0 Å². The van der Waals surface area contributed by atoms with E-state index in [2.05, 4.69) is 4.99 Å². The van der Waals surface area contributed by atoms with Gasteiger partial charge in [-0.1, -0.05) is 0 Å². The van der Waals surface area contributed by atoms with Crippen LogP contribution in [0.5, 0.6) is 0 Å². The third kappa shape index (κ3) is 2.68. The van der Waals surface area contributed by atoms with Crippen LogP contribution < -0.4 is 5.73 Å². The molecule has 0 aromatic rings. The predicted octanol–water partition coefficient (Wildman–Crippen LogP) is 0.236. The topological polar surface area (TPSA) is 103 Å². The van der Waals surface area contributed by atoms with Gasteiger partial charge in [0.25, 0.3) is 0 Å². The van der Waals surface area contributed by atoms with Crippen LogP contribution in [0.25, 0.3) is 0 Å². The van der Waals surface area contributed by atoms with Crippen LogP contribution in [0.1, 0.15) is 26.2 Å². The summed E-state index contributed by atoms with van der Waals surface area (Å²) in [5.41, 5.74) is 5.38. The fourth-order valence-electron chi connectivity index (χ4n) is 1.62. The van der Waals surface area contributed by atoms with Crippen molar-refractivity contribution in [3.8, 4) is 0 Å². The van der Waals surface area contributed by atoms with Crippen LogP contribution in [0.15, 0.2) is 4.99 Å². The number of aliphatic imine (C=N–C) groups is 1. The van der Waals surface area contributed by atoms with E-state index < -0.39 is 12.0 Å². The Morgan fingerprint density at radius 1 is 1.80 bits per heavy atom. The molecule has 1 rings (SSSR count). The number of nitrogens with one attached hydrogen (secondary N) is 1. The van der Waals surface area contributed by atoms with Crippen LogP contribution in [0, 0.1) is 5.41 Å². The number of rotatable bonds is 3. The summed E-state index contributed by atoms with van der Waals surface area (Å²) in [6.07, 6.45) is 4.06. The Balaban J connectivity index is 2.81. The first kappa shape index (κ1) is 11.5. The largest absolute Gasteiger partial charge is 0.480 e. The van der Waals surface area contributed by atoms with Crippen LogP contribution in [0.3, 0.4) is 0 Å². The second-order valence-electron chi connectivity index (χ2n) is 3.55. The molecule has 0 amide bonds. The van der Waals surface area contributed by atoms with Crippen LogP contribution >= 0.6 is 0 Å². The molecule has 6 heteroatoms. The Morgan fingerprint density at radius 3 is 2.87 bits per heavy atom. The molecule has 0 aliphatic carbocycles. The quantitative estimate of drug-likeness (QED) is 0.460. The first-order valence-corrected chi connectivity index (χ1v) is 4.91. The lowest BCUT2D eigenvalue weighted by atomic mass is 10.1. The highest BCUT2D eigenvalue weighted by Crippen LogP contribution is 2.16. The SMILES string of the molecule is C[C@@H](C(=O)O)N(C(=N)N)C1CCCC=N1. The zero-order chi connectivity index (χ0) is 11.4. The summed E-state index contributed by atoms with van der Waals surface area (Å²) in [5, 5.41) is 16.3. The minimum Gasteiger partial charge on any atom is -0.480 e. The van der Waals surface area contributed by atoms with Gasteiger partial charge >= 0.3 is 5.97 Å². The minimum atomic E-state index is -0.994. The smallest absolute Gasteiger partial charge is 0.326 e. The number of carboxylic acids is 1. The van der Waals surface area contributed by atoms with Gasteiger partial charge in [-0.3, -0.25) is 10.4 Å². The number of nitrogens with zero attached hydrogens (tertiary/aromatic N) is 2. The van der Waals surface area contributed by atoms with E-state index in [9.17, 15) is 4.79 Å². The van der Waals surface area contributed by atoms with Gasteiger partial charge in [-0.15, -0.1) is 0 Å². The fraction of sp³-hybridized carbons (Fsp3) is 0.667. The second-order valence-corrected chi connectivity index (χ2v) is 3.55. The molecule has 0 bridgehead atoms. The Kier molecular flexibility index (Phi) is 3.65. The molecule has 4 N–H and O–H groups in total. The van der Waals surface area contributed by atoms with E-state index in [1.807, 2.05) is 0 Å². The molecule has 0 aromatic heterocycles. The molecule has 0 fully saturated rings. The van der Waals surface area contributed by atoms with E-state index in [1.54, 1.807) is 6.21 Å². The molecule has 15 heavy (non-hydrogen) atoms. The monoisotopic (exact) mass is 212 g/mol. The number of carboxylic acid groups (broad SMARTS) is 1. The van der Waals surface area contributed by atoms with Crippen LogP contribution in [-0.4, -0.2) is 40.4 Å². The molecule has 6 nitrogen and oxygen atoms in total. The van der Waals surface area contributed by atoms with Crippen molar-refractivity contribution in [2.45, 2.75) is 38.4 Å². The van der Waals surface area contributed by atoms with Gasteiger partial charge in [0.1, 0.15) is 12.2 Å². The van der Waals surface area contributed by atoms with Crippen LogP contribution in [-0.2, 0) is 4.79 Å². The summed E-state index contributed by atoms with van der Waals surface area (Å²) in [4.78, 5) is 16.3. The van der Waals surface area contributed by atoms with E-state index in [0.717, 1.165) is 19.3 Å². The summed E-state index contributed by atoms with van der Waals surface area (Å²) in [5.74, 6) is -1.24. The fourth-order valence-corrected chi connectivity index (χ4v) is 1.62. The molecule has 84 valence electrons. The van der Waals surface area contributed by atoms with Crippen molar-refractivity contribution in [2.75, 3.05) is 0 Å². The summed E-state index contributed by atoms with van der Waals surface area (Å²) < 4.78 is 0. The van der Waals surface area contributed by atoms with Crippen molar-refractivity contribution in [1.29, 1.82) is 5.41 Å². The first-order chi connectivity index (χ1) is 7.04. The molecule has 1 unspecified atom stereocenters. The molecule has 2 atom stereocenters. The standard InChI is InChI=1S/C9H16N4O2/c1-6(8(14)15)13(9(10)11)7-4-2-3-5-12-7/h5-7H,2-4H2,1H3,(H3,10,11)(H,14,15)/t6-,7?/m0/s1. The number of guanidine groups is 1. The van der Waals surface area contributed by atoms with Crippen molar-refractivity contribution in [3.05, 3.63) is 0 Å². The third-order valence-corrected chi connectivity index (χ3v) is 2.45. The maximum Gasteiger partial charge on any atom is 0.326 e. The van der Waals surface area contributed by atoms with Gasteiger partial charge in [0.15, 0.2) is 5.96 Å². The lowest BCUT2D eigenvalue weighted by Crippen LogP contribution is -2.52. The summed E-state index contributed by atoms with van der Waals surface area (Å²) in [6, 6.07) is -0.817. The highest BCUT2D eigenvalue weighted by molar-refractivity contribution is 5.83. The van der Waals surface area contributed by atoms with Gasteiger partial charge in [-0.2, -0.15) is 0 Å². The molecule has 1 aliphatic heterocycles. The summed E-state index contributed by atoms with van der Waals surface area (Å²) in [6.45, 7) is 1.51. The van der Waals surface area contributed by atoms with Gasteiger partial charge in [-0.25, -0.2) is 4.79 Å². The van der Waals surface area contributed by atoms with Crippen LogP contribution in [0.4, 0.5) is 0 Å².